The standard InChI is InChI=1S/C19H21N3O5S/c1-3-27-16(24)11-15-21(14(23)12-28-15)9-10-22-17(25)19(2,20-18(22)26)13-7-5-4-6-8-13/h4-8,11H,3,9-10,12H2,1-2H3,(H,20,26)/b15-11-/t19-/m1/s1. The van der Waals surface area contributed by atoms with Crippen LogP contribution >= 0.6 is 11.8 Å². The Morgan fingerprint density at radius 3 is 2.57 bits per heavy atom. The number of nitrogens with zero attached hydrogens (tertiary/aromatic N) is 2. The fraction of sp³-hybridized carbons (Fsp3) is 0.368. The van der Waals surface area contributed by atoms with E-state index in [0.29, 0.717) is 10.6 Å². The van der Waals surface area contributed by atoms with E-state index in [9.17, 15) is 19.2 Å². The number of carbonyl (C=O) groups is 4. The van der Waals surface area contributed by atoms with Gasteiger partial charge >= 0.3 is 12.0 Å². The Labute approximate surface area is 166 Å². The van der Waals surface area contributed by atoms with E-state index in [4.69, 9.17) is 4.74 Å². The highest BCUT2D eigenvalue weighted by molar-refractivity contribution is 8.04. The van der Waals surface area contributed by atoms with Crippen molar-refractivity contribution in [3.63, 3.8) is 0 Å². The molecule has 0 spiro atoms. The van der Waals surface area contributed by atoms with E-state index < -0.39 is 17.5 Å². The van der Waals surface area contributed by atoms with E-state index in [0.717, 1.165) is 4.90 Å². The van der Waals surface area contributed by atoms with Crippen molar-refractivity contribution in [1.29, 1.82) is 0 Å². The fourth-order valence-corrected chi connectivity index (χ4v) is 4.08. The predicted octanol–water partition coefficient (Wildman–Crippen LogP) is 1.43. The lowest BCUT2D eigenvalue weighted by Gasteiger charge is -2.23. The molecule has 1 aromatic rings. The van der Waals surface area contributed by atoms with Crippen LogP contribution in [0.3, 0.4) is 0 Å². The molecule has 1 aromatic carbocycles. The monoisotopic (exact) mass is 403 g/mol. The van der Waals surface area contributed by atoms with Crippen LogP contribution in [0.1, 0.15) is 19.4 Å². The van der Waals surface area contributed by atoms with E-state index in [-0.39, 0.29) is 37.3 Å². The zero-order chi connectivity index (χ0) is 20.3. The first-order valence-electron chi connectivity index (χ1n) is 8.88. The van der Waals surface area contributed by atoms with Crippen molar-refractivity contribution >= 4 is 35.6 Å². The summed E-state index contributed by atoms with van der Waals surface area (Å²) in [4.78, 5) is 51.6. The molecule has 2 aliphatic heterocycles. The van der Waals surface area contributed by atoms with Crippen molar-refractivity contribution in [2.24, 2.45) is 0 Å². The molecule has 9 heteroatoms. The Morgan fingerprint density at radius 2 is 1.89 bits per heavy atom. The SMILES string of the molecule is CCOC(=O)/C=C1\SCC(=O)N1CCN1C(=O)N[C@](C)(c2ccccc2)C1=O. The first-order valence-corrected chi connectivity index (χ1v) is 9.86. The molecule has 28 heavy (non-hydrogen) atoms. The maximum absolute atomic E-state index is 12.9. The summed E-state index contributed by atoms with van der Waals surface area (Å²) in [5, 5.41) is 3.19. The predicted molar refractivity (Wildman–Crippen MR) is 103 cm³/mol. The van der Waals surface area contributed by atoms with Gasteiger partial charge in [-0.2, -0.15) is 0 Å². The minimum Gasteiger partial charge on any atom is -0.463 e. The molecular weight excluding hydrogens is 382 g/mol. The second-order valence-electron chi connectivity index (χ2n) is 6.45. The highest BCUT2D eigenvalue weighted by Gasteiger charge is 2.49. The number of hydrogen-bond donors (Lipinski definition) is 1. The van der Waals surface area contributed by atoms with Gasteiger partial charge in [0.25, 0.3) is 5.91 Å². The van der Waals surface area contributed by atoms with Gasteiger partial charge in [0.1, 0.15) is 5.54 Å². The zero-order valence-corrected chi connectivity index (χ0v) is 16.5. The molecule has 0 bridgehead atoms. The van der Waals surface area contributed by atoms with Crippen molar-refractivity contribution < 1.29 is 23.9 Å². The summed E-state index contributed by atoms with van der Waals surface area (Å²) in [6, 6.07) is 8.49. The topological polar surface area (TPSA) is 96.0 Å². The van der Waals surface area contributed by atoms with Gasteiger partial charge in [0.15, 0.2) is 0 Å². The van der Waals surface area contributed by atoms with Gasteiger partial charge in [0.2, 0.25) is 5.91 Å². The summed E-state index contributed by atoms with van der Waals surface area (Å²) in [5.74, 6) is -0.888. The number of esters is 1. The number of rotatable bonds is 6. The molecule has 2 aliphatic rings. The van der Waals surface area contributed by atoms with E-state index in [2.05, 4.69) is 5.32 Å². The summed E-state index contributed by atoms with van der Waals surface area (Å²) in [5.41, 5.74) is -0.460. The number of carbonyl (C=O) groups excluding carboxylic acids is 4. The molecule has 2 saturated heterocycles. The molecule has 148 valence electrons. The smallest absolute Gasteiger partial charge is 0.333 e. The van der Waals surface area contributed by atoms with Gasteiger partial charge in [-0.05, 0) is 19.4 Å². The average Bonchev–Trinajstić information content (AvgIpc) is 3.12. The van der Waals surface area contributed by atoms with Crippen LogP contribution in [0, 0.1) is 0 Å². The number of nitrogens with one attached hydrogen (secondary N) is 1. The summed E-state index contributed by atoms with van der Waals surface area (Å²) >= 11 is 1.23. The third-order valence-electron chi connectivity index (χ3n) is 4.61. The molecule has 0 saturated carbocycles. The van der Waals surface area contributed by atoms with Crippen LogP contribution < -0.4 is 5.32 Å². The van der Waals surface area contributed by atoms with Gasteiger partial charge < -0.3 is 15.0 Å². The summed E-state index contributed by atoms with van der Waals surface area (Å²) in [6.45, 7) is 3.73. The molecule has 0 unspecified atom stereocenters. The second kappa shape index (κ2) is 8.05. The molecule has 1 N–H and O–H groups in total. The molecule has 0 aromatic heterocycles. The molecule has 1 atom stereocenters. The number of ether oxygens (including phenoxy) is 1. The van der Waals surface area contributed by atoms with Gasteiger partial charge in [0.05, 0.1) is 23.5 Å². The van der Waals surface area contributed by atoms with E-state index in [1.807, 2.05) is 6.07 Å². The quantitative estimate of drug-likeness (QED) is 0.439. The first-order chi connectivity index (χ1) is 13.4. The zero-order valence-electron chi connectivity index (χ0n) is 15.6. The van der Waals surface area contributed by atoms with Gasteiger partial charge in [-0.15, -0.1) is 0 Å². The third-order valence-corrected chi connectivity index (χ3v) is 5.64. The number of thioether (sulfide) groups is 1. The molecule has 0 radical (unpaired) electrons. The van der Waals surface area contributed by atoms with Crippen molar-refractivity contribution in [3.8, 4) is 0 Å². The fourth-order valence-electron chi connectivity index (χ4n) is 3.12. The highest BCUT2D eigenvalue weighted by Crippen LogP contribution is 2.31. The lowest BCUT2D eigenvalue weighted by molar-refractivity contribution is -0.137. The maximum Gasteiger partial charge on any atom is 0.333 e. The van der Waals surface area contributed by atoms with Crippen LogP contribution in [0.2, 0.25) is 0 Å². The Kier molecular flexibility index (Phi) is 5.73. The molecule has 4 amide bonds. The van der Waals surface area contributed by atoms with Gasteiger partial charge in [-0.1, -0.05) is 42.1 Å². The number of urea groups is 1. The van der Waals surface area contributed by atoms with E-state index in [1.165, 1.54) is 22.7 Å². The van der Waals surface area contributed by atoms with Gasteiger partial charge in [-0.25, -0.2) is 9.59 Å². The summed E-state index contributed by atoms with van der Waals surface area (Å²) < 4.78 is 4.88. The maximum atomic E-state index is 12.9. The largest absolute Gasteiger partial charge is 0.463 e. The average molecular weight is 403 g/mol. The minimum absolute atomic E-state index is 0.0273. The van der Waals surface area contributed by atoms with Crippen LogP contribution in [0.4, 0.5) is 4.79 Å². The van der Waals surface area contributed by atoms with Crippen molar-refractivity contribution in [3.05, 3.63) is 47.0 Å². The van der Waals surface area contributed by atoms with Crippen LogP contribution in [-0.4, -0.2) is 59.1 Å². The van der Waals surface area contributed by atoms with E-state index >= 15 is 0 Å². The van der Waals surface area contributed by atoms with Crippen LogP contribution in [0.25, 0.3) is 0 Å². The first kappa shape index (κ1) is 19.9. The lowest BCUT2D eigenvalue weighted by Crippen LogP contribution is -2.42. The van der Waals surface area contributed by atoms with Crippen LogP contribution in [0.15, 0.2) is 41.4 Å². The molecule has 2 heterocycles. The van der Waals surface area contributed by atoms with Crippen LogP contribution in [0.5, 0.6) is 0 Å². The number of hydrogen-bond acceptors (Lipinski definition) is 6. The number of benzene rings is 1. The lowest BCUT2D eigenvalue weighted by atomic mass is 9.92. The summed E-state index contributed by atoms with van der Waals surface area (Å²) in [6.07, 6.45) is 1.26. The second-order valence-corrected chi connectivity index (χ2v) is 7.44. The number of amides is 4. The Hall–Kier alpha value is -2.81. The number of imide groups is 1. The molecule has 8 nitrogen and oxygen atoms in total. The Balaban J connectivity index is 1.71. The third kappa shape index (κ3) is 3.75. The van der Waals surface area contributed by atoms with Gasteiger partial charge in [0, 0.05) is 13.1 Å². The molecule has 2 fully saturated rings. The molecule has 3 rings (SSSR count). The van der Waals surface area contributed by atoms with Crippen LogP contribution in [-0.2, 0) is 24.7 Å². The Bertz CT molecular complexity index is 841. The van der Waals surface area contributed by atoms with E-state index in [1.54, 1.807) is 38.1 Å². The summed E-state index contributed by atoms with van der Waals surface area (Å²) in [7, 11) is 0. The minimum atomic E-state index is -1.15. The molecule has 0 aliphatic carbocycles. The van der Waals surface area contributed by atoms with Crippen molar-refractivity contribution in [2.75, 3.05) is 25.4 Å². The molecular formula is C19H21N3O5S. The van der Waals surface area contributed by atoms with Crippen molar-refractivity contribution in [1.82, 2.24) is 15.1 Å². The van der Waals surface area contributed by atoms with Gasteiger partial charge in [-0.3, -0.25) is 14.5 Å². The highest BCUT2D eigenvalue weighted by atomic mass is 32.2. The Morgan fingerprint density at radius 1 is 1.21 bits per heavy atom. The van der Waals surface area contributed by atoms with Crippen molar-refractivity contribution in [2.45, 2.75) is 19.4 Å². The normalized spacial score (nSPS) is 23.5.